The molecule has 0 radical (unpaired) electrons. The highest BCUT2D eigenvalue weighted by Gasteiger charge is 2.17. The van der Waals surface area contributed by atoms with Crippen molar-refractivity contribution < 1.29 is 19.0 Å². The van der Waals surface area contributed by atoms with Crippen LogP contribution in [-0.2, 0) is 16.1 Å². The molecule has 3 aromatic rings. The van der Waals surface area contributed by atoms with E-state index in [1.807, 2.05) is 30.3 Å². The van der Waals surface area contributed by atoms with Crippen LogP contribution < -0.4 is 5.32 Å². The number of rotatable bonds is 6. The fourth-order valence-electron chi connectivity index (χ4n) is 3.01. The number of halogens is 2. The van der Waals surface area contributed by atoms with Crippen molar-refractivity contribution in [3.63, 3.8) is 0 Å². The van der Waals surface area contributed by atoms with Crippen LogP contribution in [-0.4, -0.2) is 18.2 Å². The van der Waals surface area contributed by atoms with Gasteiger partial charge in [0.2, 0.25) is 0 Å². The van der Waals surface area contributed by atoms with Crippen LogP contribution in [0, 0.1) is 5.82 Å². The molecule has 1 unspecified atom stereocenters. The summed E-state index contributed by atoms with van der Waals surface area (Å²) in [6.45, 7) is 2.14. The van der Waals surface area contributed by atoms with Gasteiger partial charge in [-0.3, -0.25) is 4.79 Å². The molecule has 0 fully saturated rings. The highest BCUT2D eigenvalue weighted by Crippen LogP contribution is 2.28. The Balaban J connectivity index is 1.73. The van der Waals surface area contributed by atoms with E-state index in [1.54, 1.807) is 31.2 Å². The molecule has 3 aromatic carbocycles. The Morgan fingerprint density at radius 3 is 2.52 bits per heavy atom. The van der Waals surface area contributed by atoms with Crippen LogP contribution in [0.2, 0.25) is 0 Å². The van der Waals surface area contributed by atoms with Gasteiger partial charge in [-0.2, -0.15) is 0 Å². The Morgan fingerprint density at radius 2 is 1.86 bits per heavy atom. The first kappa shape index (κ1) is 20.9. The highest BCUT2D eigenvalue weighted by molar-refractivity contribution is 9.10. The van der Waals surface area contributed by atoms with Gasteiger partial charge in [0.25, 0.3) is 0 Å². The number of methoxy groups -OCH3 is 1. The zero-order valence-electron chi connectivity index (χ0n) is 16.1. The average Bonchev–Trinajstić information content (AvgIpc) is 2.73. The minimum absolute atomic E-state index is 0.223. The van der Waals surface area contributed by atoms with Crippen molar-refractivity contribution in [2.24, 2.45) is 0 Å². The molecular formula is C23H21BrFNO3. The molecule has 6 heteroatoms. The number of phenols is 1. The third-order valence-electron chi connectivity index (χ3n) is 4.77. The lowest BCUT2D eigenvalue weighted by atomic mass is 9.97. The molecule has 0 aliphatic heterocycles. The highest BCUT2D eigenvalue weighted by atomic mass is 79.9. The molecular weight excluding hydrogens is 437 g/mol. The SMILES string of the molecule is COC(=O)C(C)c1ccc(-c2ccc(NCc3cc(Br)ccc3O)cc2)c(F)c1. The second-order valence-corrected chi connectivity index (χ2v) is 7.60. The van der Waals surface area contributed by atoms with Crippen molar-refractivity contribution in [2.45, 2.75) is 19.4 Å². The third kappa shape index (κ3) is 4.95. The lowest BCUT2D eigenvalue weighted by Crippen LogP contribution is -2.11. The number of benzene rings is 3. The zero-order chi connectivity index (χ0) is 21.0. The van der Waals surface area contributed by atoms with Gasteiger partial charge in [0, 0.05) is 27.8 Å². The topological polar surface area (TPSA) is 58.6 Å². The second kappa shape index (κ2) is 9.09. The predicted octanol–water partition coefficient (Wildman–Crippen LogP) is 5.85. The number of anilines is 1. The first-order valence-corrected chi connectivity index (χ1v) is 9.87. The van der Waals surface area contributed by atoms with Crippen molar-refractivity contribution in [1.29, 1.82) is 0 Å². The summed E-state index contributed by atoms with van der Waals surface area (Å²) < 4.78 is 20.2. The molecule has 1 atom stereocenters. The van der Waals surface area contributed by atoms with Gasteiger partial charge in [0.15, 0.2) is 0 Å². The van der Waals surface area contributed by atoms with Gasteiger partial charge in [-0.15, -0.1) is 0 Å². The number of esters is 1. The summed E-state index contributed by atoms with van der Waals surface area (Å²) >= 11 is 3.39. The van der Waals surface area contributed by atoms with Gasteiger partial charge < -0.3 is 15.2 Å². The molecule has 0 heterocycles. The van der Waals surface area contributed by atoms with Crippen molar-refractivity contribution in [3.8, 4) is 16.9 Å². The molecule has 0 saturated carbocycles. The molecule has 29 heavy (non-hydrogen) atoms. The summed E-state index contributed by atoms with van der Waals surface area (Å²) in [7, 11) is 1.32. The van der Waals surface area contributed by atoms with E-state index in [2.05, 4.69) is 21.2 Å². The molecule has 0 aromatic heterocycles. The van der Waals surface area contributed by atoms with E-state index in [0.717, 1.165) is 21.3 Å². The third-order valence-corrected chi connectivity index (χ3v) is 5.26. The van der Waals surface area contributed by atoms with Crippen LogP contribution >= 0.6 is 15.9 Å². The molecule has 150 valence electrons. The zero-order valence-corrected chi connectivity index (χ0v) is 17.7. The molecule has 4 nitrogen and oxygen atoms in total. The molecule has 0 saturated heterocycles. The van der Waals surface area contributed by atoms with E-state index in [1.165, 1.54) is 13.2 Å². The van der Waals surface area contributed by atoms with Crippen LogP contribution in [0.5, 0.6) is 5.75 Å². The van der Waals surface area contributed by atoms with Gasteiger partial charge in [-0.05, 0) is 54.4 Å². The Morgan fingerprint density at radius 1 is 1.14 bits per heavy atom. The van der Waals surface area contributed by atoms with E-state index >= 15 is 0 Å². The minimum Gasteiger partial charge on any atom is -0.508 e. The maximum absolute atomic E-state index is 14.6. The number of aromatic hydroxyl groups is 1. The number of hydrogen-bond donors (Lipinski definition) is 2. The van der Waals surface area contributed by atoms with Crippen LogP contribution in [0.25, 0.3) is 11.1 Å². The molecule has 0 amide bonds. The number of nitrogens with one attached hydrogen (secondary N) is 1. The second-order valence-electron chi connectivity index (χ2n) is 6.69. The number of carbonyl (C=O) groups is 1. The van der Waals surface area contributed by atoms with E-state index in [0.29, 0.717) is 17.7 Å². The average molecular weight is 458 g/mol. The molecule has 0 aliphatic carbocycles. The molecule has 0 bridgehead atoms. The van der Waals surface area contributed by atoms with Gasteiger partial charge in [0.05, 0.1) is 13.0 Å². The van der Waals surface area contributed by atoms with E-state index < -0.39 is 17.7 Å². The van der Waals surface area contributed by atoms with Crippen molar-refractivity contribution in [1.82, 2.24) is 0 Å². The summed E-state index contributed by atoms with van der Waals surface area (Å²) in [5.74, 6) is -1.09. The lowest BCUT2D eigenvalue weighted by Gasteiger charge is -2.12. The molecule has 0 aliphatic rings. The first-order valence-electron chi connectivity index (χ1n) is 9.08. The van der Waals surface area contributed by atoms with E-state index in [9.17, 15) is 14.3 Å². The Labute approximate surface area is 177 Å². The Hall–Kier alpha value is -2.86. The number of phenolic OH excluding ortho intramolecular Hbond substituents is 1. The standard InChI is InChI=1S/C23H21BrFNO3/c1-14(23(28)29-2)16-5-9-20(21(25)12-16)15-3-7-19(8-4-15)26-13-17-11-18(24)6-10-22(17)27/h3-12,14,26-27H,13H2,1-2H3. The van der Waals surface area contributed by atoms with Crippen LogP contribution in [0.3, 0.4) is 0 Å². The fourth-order valence-corrected chi connectivity index (χ4v) is 3.42. The summed E-state index contributed by atoms with van der Waals surface area (Å²) in [4.78, 5) is 11.6. The fraction of sp³-hybridized carbons (Fsp3) is 0.174. The van der Waals surface area contributed by atoms with E-state index in [4.69, 9.17) is 4.74 Å². The quantitative estimate of drug-likeness (QED) is 0.455. The summed E-state index contributed by atoms with van der Waals surface area (Å²) in [6.07, 6.45) is 0. The van der Waals surface area contributed by atoms with E-state index in [-0.39, 0.29) is 5.75 Å². The van der Waals surface area contributed by atoms with Crippen LogP contribution in [0.15, 0.2) is 65.1 Å². The van der Waals surface area contributed by atoms with Gasteiger partial charge >= 0.3 is 5.97 Å². The summed E-state index contributed by atoms with van der Waals surface area (Å²) in [6, 6.07) is 17.4. The van der Waals surface area contributed by atoms with Crippen molar-refractivity contribution in [2.75, 3.05) is 12.4 Å². The normalized spacial score (nSPS) is 11.7. The van der Waals surface area contributed by atoms with Gasteiger partial charge in [0.1, 0.15) is 11.6 Å². The number of carbonyl (C=O) groups excluding carboxylic acids is 1. The Kier molecular flexibility index (Phi) is 6.54. The summed E-state index contributed by atoms with van der Waals surface area (Å²) in [5, 5.41) is 13.2. The van der Waals surface area contributed by atoms with Crippen molar-refractivity contribution >= 4 is 27.6 Å². The largest absolute Gasteiger partial charge is 0.508 e. The molecule has 0 spiro atoms. The van der Waals surface area contributed by atoms with Gasteiger partial charge in [-0.25, -0.2) is 4.39 Å². The van der Waals surface area contributed by atoms with Crippen LogP contribution in [0.1, 0.15) is 24.0 Å². The minimum atomic E-state index is -0.524. The molecule has 2 N–H and O–H groups in total. The number of ether oxygens (including phenoxy) is 1. The maximum Gasteiger partial charge on any atom is 0.312 e. The van der Waals surface area contributed by atoms with Crippen molar-refractivity contribution in [3.05, 3.63) is 82.1 Å². The first-order chi connectivity index (χ1) is 13.9. The van der Waals surface area contributed by atoms with Gasteiger partial charge in [-0.1, -0.05) is 40.2 Å². The molecule has 3 rings (SSSR count). The maximum atomic E-state index is 14.6. The lowest BCUT2D eigenvalue weighted by molar-refractivity contribution is -0.141. The monoisotopic (exact) mass is 457 g/mol. The summed E-state index contributed by atoms with van der Waals surface area (Å²) in [5.41, 5.74) is 3.39. The number of hydrogen-bond acceptors (Lipinski definition) is 4. The smallest absolute Gasteiger partial charge is 0.312 e. The Bertz CT molecular complexity index is 1020. The predicted molar refractivity (Wildman–Crippen MR) is 115 cm³/mol. The van der Waals surface area contributed by atoms with Crippen LogP contribution in [0.4, 0.5) is 10.1 Å².